The highest BCUT2D eigenvalue weighted by molar-refractivity contribution is 7.99. The minimum atomic E-state index is -0.229. The lowest BCUT2D eigenvalue weighted by Gasteiger charge is -2.33. The van der Waals surface area contributed by atoms with Crippen LogP contribution in [0.1, 0.15) is 34.1 Å². The summed E-state index contributed by atoms with van der Waals surface area (Å²) in [5.41, 5.74) is -0.229. The largest absolute Gasteiger partial charge is 0.394 e. The normalized spacial score (nSPS) is 16.4. The van der Waals surface area contributed by atoms with Crippen molar-refractivity contribution >= 4 is 23.4 Å². The molecule has 1 aromatic carbocycles. The molecule has 4 heteroatoms. The number of halogens is 1. The van der Waals surface area contributed by atoms with Crippen LogP contribution < -0.4 is 5.32 Å². The van der Waals surface area contributed by atoms with Crippen molar-refractivity contribution in [3.63, 3.8) is 0 Å². The minimum absolute atomic E-state index is 0.150. The number of hydrogen-bond acceptors (Lipinski definition) is 3. The van der Waals surface area contributed by atoms with Crippen molar-refractivity contribution in [3.8, 4) is 0 Å². The van der Waals surface area contributed by atoms with Gasteiger partial charge in [0.25, 0.3) is 0 Å². The maximum atomic E-state index is 9.60. The molecule has 0 heterocycles. The average Bonchev–Trinajstić information content (AvgIpc) is 2.31. The van der Waals surface area contributed by atoms with Crippen molar-refractivity contribution in [1.82, 2.24) is 5.32 Å². The van der Waals surface area contributed by atoms with Crippen LogP contribution in [0.4, 0.5) is 0 Å². The summed E-state index contributed by atoms with van der Waals surface area (Å²) < 4.78 is 0. The van der Waals surface area contributed by atoms with Gasteiger partial charge in [0.15, 0.2) is 0 Å². The zero-order chi connectivity index (χ0) is 14.5. The summed E-state index contributed by atoms with van der Waals surface area (Å²) in [4.78, 5) is 1.21. The first kappa shape index (κ1) is 16.8. The molecule has 0 aliphatic rings. The van der Waals surface area contributed by atoms with E-state index in [-0.39, 0.29) is 12.1 Å². The molecule has 0 fully saturated rings. The Morgan fingerprint density at radius 3 is 2.32 bits per heavy atom. The Bertz CT molecular complexity index is 382. The van der Waals surface area contributed by atoms with Gasteiger partial charge in [-0.05, 0) is 37.6 Å². The van der Waals surface area contributed by atoms with Crippen LogP contribution in [0.15, 0.2) is 29.2 Å². The van der Waals surface area contributed by atoms with E-state index < -0.39 is 0 Å². The Kier molecular flexibility index (Phi) is 6.67. The van der Waals surface area contributed by atoms with E-state index in [0.29, 0.717) is 11.3 Å². The van der Waals surface area contributed by atoms with Crippen LogP contribution in [-0.2, 0) is 0 Å². The van der Waals surface area contributed by atoms with Crippen LogP contribution >= 0.6 is 23.4 Å². The Hall–Kier alpha value is -0.220. The quantitative estimate of drug-likeness (QED) is 0.748. The molecule has 0 aromatic heterocycles. The Balaban J connectivity index is 2.57. The smallest absolute Gasteiger partial charge is 0.0611 e. The van der Waals surface area contributed by atoms with E-state index in [0.717, 1.165) is 11.4 Å². The van der Waals surface area contributed by atoms with Gasteiger partial charge in [0.1, 0.15) is 0 Å². The van der Waals surface area contributed by atoms with E-state index in [1.54, 1.807) is 0 Å². The Morgan fingerprint density at radius 2 is 1.84 bits per heavy atom. The molecule has 0 radical (unpaired) electrons. The Labute approximate surface area is 125 Å². The van der Waals surface area contributed by atoms with Gasteiger partial charge in [-0.1, -0.05) is 32.4 Å². The lowest BCUT2D eigenvalue weighted by atomic mass is 9.96. The molecule has 0 saturated heterocycles. The second-order valence-electron chi connectivity index (χ2n) is 5.60. The summed E-state index contributed by atoms with van der Waals surface area (Å²) in [5, 5.41) is 14.2. The zero-order valence-electron chi connectivity index (χ0n) is 12.1. The number of aliphatic hydroxyl groups is 1. The van der Waals surface area contributed by atoms with Crippen LogP contribution in [0.2, 0.25) is 5.02 Å². The zero-order valence-corrected chi connectivity index (χ0v) is 13.7. The van der Waals surface area contributed by atoms with Crippen molar-refractivity contribution in [2.75, 3.05) is 6.61 Å². The molecule has 0 bridgehead atoms. The van der Waals surface area contributed by atoms with E-state index in [9.17, 15) is 5.11 Å². The number of nitrogens with one attached hydrogen (secondary N) is 1. The standard InChI is InChI=1S/C15H24ClNOS/c1-11(2)17-15(4,10-18)9-12(3)19-14-7-5-13(16)6-8-14/h5-8,11-12,17-18H,9-10H2,1-4H3. The van der Waals surface area contributed by atoms with Gasteiger partial charge >= 0.3 is 0 Å². The van der Waals surface area contributed by atoms with Crippen LogP contribution in [0, 0.1) is 0 Å². The predicted molar refractivity (Wildman–Crippen MR) is 85.2 cm³/mol. The highest BCUT2D eigenvalue weighted by Crippen LogP contribution is 2.29. The molecule has 0 aliphatic carbocycles. The summed E-state index contributed by atoms with van der Waals surface area (Å²) in [6.07, 6.45) is 0.912. The SMILES string of the molecule is CC(C)NC(C)(CO)CC(C)Sc1ccc(Cl)cc1. The van der Waals surface area contributed by atoms with E-state index in [4.69, 9.17) is 11.6 Å². The van der Waals surface area contributed by atoms with Crippen LogP contribution in [0.3, 0.4) is 0 Å². The summed E-state index contributed by atoms with van der Waals surface area (Å²) in [6, 6.07) is 8.26. The second-order valence-corrected chi connectivity index (χ2v) is 7.55. The van der Waals surface area contributed by atoms with Gasteiger partial charge in [0, 0.05) is 26.7 Å². The average molecular weight is 302 g/mol. The van der Waals surface area contributed by atoms with Gasteiger partial charge < -0.3 is 10.4 Å². The van der Waals surface area contributed by atoms with Gasteiger partial charge in [-0.15, -0.1) is 11.8 Å². The first-order valence-corrected chi connectivity index (χ1v) is 7.91. The summed E-state index contributed by atoms with van der Waals surface area (Å²) in [7, 11) is 0. The minimum Gasteiger partial charge on any atom is -0.394 e. The molecule has 0 spiro atoms. The first-order chi connectivity index (χ1) is 8.84. The monoisotopic (exact) mass is 301 g/mol. The number of thioether (sulfide) groups is 1. The third-order valence-corrected chi connectivity index (χ3v) is 4.24. The molecule has 19 heavy (non-hydrogen) atoms. The van der Waals surface area contributed by atoms with E-state index in [1.807, 2.05) is 36.0 Å². The molecule has 2 atom stereocenters. The molecular weight excluding hydrogens is 278 g/mol. The van der Waals surface area contributed by atoms with Crippen molar-refractivity contribution in [1.29, 1.82) is 0 Å². The molecule has 1 aromatic rings. The fourth-order valence-corrected chi connectivity index (χ4v) is 3.62. The number of aliphatic hydroxyl groups excluding tert-OH is 1. The van der Waals surface area contributed by atoms with Gasteiger partial charge in [-0.3, -0.25) is 0 Å². The molecule has 1 rings (SSSR count). The van der Waals surface area contributed by atoms with Gasteiger partial charge in [-0.25, -0.2) is 0 Å². The van der Waals surface area contributed by atoms with Crippen LogP contribution in [0.25, 0.3) is 0 Å². The molecule has 2 nitrogen and oxygen atoms in total. The van der Waals surface area contributed by atoms with Crippen molar-refractivity contribution in [2.45, 2.75) is 55.8 Å². The fourth-order valence-electron chi connectivity index (χ4n) is 2.29. The van der Waals surface area contributed by atoms with E-state index in [1.165, 1.54) is 4.90 Å². The summed E-state index contributed by atoms with van der Waals surface area (Å²) in [5.74, 6) is 0. The lowest BCUT2D eigenvalue weighted by Crippen LogP contribution is -2.50. The molecule has 2 N–H and O–H groups in total. The third kappa shape index (κ3) is 6.17. The lowest BCUT2D eigenvalue weighted by molar-refractivity contribution is 0.157. The van der Waals surface area contributed by atoms with Gasteiger partial charge in [-0.2, -0.15) is 0 Å². The van der Waals surface area contributed by atoms with E-state index >= 15 is 0 Å². The summed E-state index contributed by atoms with van der Waals surface area (Å²) >= 11 is 7.69. The first-order valence-electron chi connectivity index (χ1n) is 6.65. The highest BCUT2D eigenvalue weighted by atomic mass is 35.5. The number of benzene rings is 1. The molecule has 2 unspecified atom stereocenters. The third-order valence-electron chi connectivity index (χ3n) is 2.87. The van der Waals surface area contributed by atoms with Gasteiger partial charge in [0.05, 0.1) is 6.61 Å². The highest BCUT2D eigenvalue weighted by Gasteiger charge is 2.26. The van der Waals surface area contributed by atoms with Crippen molar-refractivity contribution < 1.29 is 5.11 Å². The molecule has 108 valence electrons. The molecular formula is C15H24ClNOS. The molecule has 0 amide bonds. The van der Waals surface area contributed by atoms with E-state index in [2.05, 4.69) is 33.0 Å². The number of rotatable bonds is 7. The van der Waals surface area contributed by atoms with Crippen LogP contribution in [-0.4, -0.2) is 28.5 Å². The maximum Gasteiger partial charge on any atom is 0.0611 e. The van der Waals surface area contributed by atoms with Gasteiger partial charge in [0.2, 0.25) is 0 Å². The van der Waals surface area contributed by atoms with Crippen molar-refractivity contribution in [3.05, 3.63) is 29.3 Å². The van der Waals surface area contributed by atoms with Crippen LogP contribution in [0.5, 0.6) is 0 Å². The summed E-state index contributed by atoms with van der Waals surface area (Å²) in [6.45, 7) is 8.62. The van der Waals surface area contributed by atoms with Crippen molar-refractivity contribution in [2.24, 2.45) is 0 Å². The predicted octanol–water partition coefficient (Wildman–Crippen LogP) is 3.96. The second kappa shape index (κ2) is 7.53. The maximum absolute atomic E-state index is 9.60. The molecule has 0 saturated carbocycles. The Morgan fingerprint density at radius 1 is 1.26 bits per heavy atom. The number of hydrogen-bond donors (Lipinski definition) is 2. The fraction of sp³-hybridized carbons (Fsp3) is 0.600. The molecule has 0 aliphatic heterocycles. The topological polar surface area (TPSA) is 32.3 Å².